The third-order valence-corrected chi connectivity index (χ3v) is 5.13. The standard InChI is InChI=1S/C15H14F2N4O3S.C6H5F2N/c1-7(22)19-4-9-5-21(15(23)24-9)8-2-10(16)13(11(17)3-8)12-6-25-14(18)20-12;7-4-1-5(8)3-6(9)2-4/h2-3,6,9H,4-5H2,1H3,(H2,18,20)(H,19,22);1-3H,9H2. The van der Waals surface area contributed by atoms with E-state index in [1.54, 1.807) is 0 Å². The van der Waals surface area contributed by atoms with E-state index < -0.39 is 35.5 Å². The number of benzene rings is 2. The number of thiazole rings is 1. The highest BCUT2D eigenvalue weighted by molar-refractivity contribution is 7.13. The van der Waals surface area contributed by atoms with Crippen LogP contribution in [0.15, 0.2) is 35.7 Å². The second-order valence-electron chi connectivity index (χ2n) is 7.11. The van der Waals surface area contributed by atoms with Gasteiger partial charge in [-0.05, 0) is 24.3 Å². The van der Waals surface area contributed by atoms with Crippen LogP contribution in [-0.2, 0) is 9.53 Å². The van der Waals surface area contributed by atoms with E-state index in [1.807, 2.05) is 0 Å². The SMILES string of the molecule is CC(=O)NCC1CN(c2cc(F)c(-c3csc(N)n3)c(F)c2)C(=O)O1.Nc1cc(F)cc(F)c1. The molecule has 0 aliphatic carbocycles. The van der Waals surface area contributed by atoms with Crippen molar-refractivity contribution < 1.29 is 31.9 Å². The summed E-state index contributed by atoms with van der Waals surface area (Å²) < 4.78 is 58.1. The van der Waals surface area contributed by atoms with Crippen LogP contribution in [0.1, 0.15) is 6.92 Å². The molecule has 1 saturated heterocycles. The Morgan fingerprint density at radius 2 is 1.76 bits per heavy atom. The number of cyclic esters (lactones) is 1. The molecule has 4 rings (SSSR count). The Bertz CT molecular complexity index is 1150. The average molecular weight is 497 g/mol. The van der Waals surface area contributed by atoms with Crippen LogP contribution in [0.5, 0.6) is 0 Å². The normalized spacial score (nSPS) is 14.9. The minimum atomic E-state index is -0.863. The van der Waals surface area contributed by atoms with E-state index in [2.05, 4.69) is 10.3 Å². The molecule has 1 aromatic heterocycles. The number of carbonyl (C=O) groups is 2. The molecule has 1 fully saturated rings. The number of ether oxygens (including phenoxy) is 1. The maximum absolute atomic E-state index is 14.4. The summed E-state index contributed by atoms with van der Waals surface area (Å²) in [5, 5.41) is 4.17. The van der Waals surface area contributed by atoms with E-state index in [0.29, 0.717) is 0 Å². The largest absolute Gasteiger partial charge is 0.442 e. The van der Waals surface area contributed by atoms with E-state index in [-0.39, 0.29) is 46.8 Å². The molecule has 5 N–H and O–H groups in total. The zero-order valence-electron chi connectivity index (χ0n) is 17.6. The summed E-state index contributed by atoms with van der Waals surface area (Å²) in [5.41, 5.74) is 10.5. The van der Waals surface area contributed by atoms with Gasteiger partial charge in [-0.3, -0.25) is 9.69 Å². The number of amides is 2. The second-order valence-corrected chi connectivity index (χ2v) is 8.00. The molecular formula is C21H19F4N5O3S. The first kappa shape index (κ1) is 24.8. The van der Waals surface area contributed by atoms with Crippen molar-refractivity contribution in [2.75, 3.05) is 29.5 Å². The van der Waals surface area contributed by atoms with Crippen molar-refractivity contribution in [1.82, 2.24) is 10.3 Å². The molecule has 1 aliphatic rings. The van der Waals surface area contributed by atoms with Crippen molar-refractivity contribution in [2.45, 2.75) is 13.0 Å². The Morgan fingerprint density at radius 3 is 2.26 bits per heavy atom. The molecule has 13 heteroatoms. The lowest BCUT2D eigenvalue weighted by Gasteiger charge is -2.14. The average Bonchev–Trinajstić information content (AvgIpc) is 3.30. The molecule has 180 valence electrons. The van der Waals surface area contributed by atoms with Crippen molar-refractivity contribution in [1.29, 1.82) is 0 Å². The van der Waals surface area contributed by atoms with Gasteiger partial charge in [0.1, 0.15) is 29.4 Å². The van der Waals surface area contributed by atoms with Crippen molar-refractivity contribution >= 4 is 39.8 Å². The predicted molar refractivity (Wildman–Crippen MR) is 119 cm³/mol. The van der Waals surface area contributed by atoms with Crippen molar-refractivity contribution in [3.05, 3.63) is 59.0 Å². The number of hydrogen-bond donors (Lipinski definition) is 3. The van der Waals surface area contributed by atoms with Gasteiger partial charge >= 0.3 is 6.09 Å². The molecule has 0 saturated carbocycles. The minimum Gasteiger partial charge on any atom is -0.442 e. The molecule has 34 heavy (non-hydrogen) atoms. The van der Waals surface area contributed by atoms with Gasteiger partial charge in [0.25, 0.3) is 0 Å². The Balaban J connectivity index is 0.000000302. The van der Waals surface area contributed by atoms with Crippen LogP contribution in [-0.4, -0.2) is 36.2 Å². The first-order chi connectivity index (χ1) is 16.0. The van der Waals surface area contributed by atoms with Gasteiger partial charge in [0, 0.05) is 24.1 Å². The Hall–Kier alpha value is -3.87. The Morgan fingerprint density at radius 1 is 1.15 bits per heavy atom. The van der Waals surface area contributed by atoms with E-state index in [9.17, 15) is 27.2 Å². The van der Waals surface area contributed by atoms with Crippen LogP contribution in [0.25, 0.3) is 11.3 Å². The number of nitrogens with one attached hydrogen (secondary N) is 1. The van der Waals surface area contributed by atoms with E-state index in [1.165, 1.54) is 12.3 Å². The maximum atomic E-state index is 14.4. The first-order valence-corrected chi connectivity index (χ1v) is 10.6. The highest BCUT2D eigenvalue weighted by Gasteiger charge is 2.33. The highest BCUT2D eigenvalue weighted by atomic mass is 32.1. The monoisotopic (exact) mass is 497 g/mol. The van der Waals surface area contributed by atoms with Crippen LogP contribution in [0.4, 0.5) is 38.9 Å². The van der Waals surface area contributed by atoms with Gasteiger partial charge in [0.2, 0.25) is 5.91 Å². The molecule has 2 heterocycles. The van der Waals surface area contributed by atoms with Crippen LogP contribution in [0.3, 0.4) is 0 Å². The number of nitrogens with zero attached hydrogens (tertiary/aromatic N) is 2. The zero-order chi connectivity index (χ0) is 25.0. The number of halogens is 4. The van der Waals surface area contributed by atoms with Gasteiger partial charge in [0.05, 0.1) is 30.0 Å². The smallest absolute Gasteiger partial charge is 0.414 e. The molecule has 8 nitrogen and oxygen atoms in total. The summed E-state index contributed by atoms with van der Waals surface area (Å²) in [5.74, 6) is -3.28. The fourth-order valence-corrected chi connectivity index (χ4v) is 3.59. The number of hydrogen-bond acceptors (Lipinski definition) is 7. The van der Waals surface area contributed by atoms with Crippen molar-refractivity contribution in [2.24, 2.45) is 0 Å². The third kappa shape index (κ3) is 6.13. The molecular weight excluding hydrogens is 478 g/mol. The first-order valence-electron chi connectivity index (χ1n) is 9.68. The summed E-state index contributed by atoms with van der Waals surface area (Å²) >= 11 is 1.07. The Labute approximate surface area is 195 Å². The lowest BCUT2D eigenvalue weighted by Crippen LogP contribution is -2.33. The van der Waals surface area contributed by atoms with Crippen LogP contribution in [0.2, 0.25) is 0 Å². The molecule has 1 unspecified atom stereocenters. The molecule has 0 bridgehead atoms. The fraction of sp³-hybridized carbons (Fsp3) is 0.190. The number of rotatable bonds is 4. The minimum absolute atomic E-state index is 0.0253. The molecule has 0 radical (unpaired) electrons. The molecule has 2 amide bonds. The number of carbonyl (C=O) groups excluding carboxylic acids is 2. The van der Waals surface area contributed by atoms with Gasteiger partial charge in [-0.15, -0.1) is 11.3 Å². The number of aromatic nitrogens is 1. The molecule has 1 atom stereocenters. The molecule has 3 aromatic rings. The molecule has 1 aliphatic heterocycles. The lowest BCUT2D eigenvalue weighted by molar-refractivity contribution is -0.119. The highest BCUT2D eigenvalue weighted by Crippen LogP contribution is 2.32. The number of anilines is 3. The number of nitrogen functional groups attached to an aromatic ring is 2. The topological polar surface area (TPSA) is 124 Å². The van der Waals surface area contributed by atoms with Crippen molar-refractivity contribution in [3.63, 3.8) is 0 Å². The molecule has 2 aromatic carbocycles. The van der Waals surface area contributed by atoms with E-state index in [0.717, 1.165) is 46.6 Å². The summed E-state index contributed by atoms with van der Waals surface area (Å²) in [4.78, 5) is 27.8. The summed E-state index contributed by atoms with van der Waals surface area (Å²) in [6.45, 7) is 1.53. The number of nitrogens with two attached hydrogens (primary N) is 2. The molecule has 0 spiro atoms. The summed E-state index contributed by atoms with van der Waals surface area (Å²) in [6.07, 6.45) is -1.33. The van der Waals surface area contributed by atoms with Gasteiger partial charge in [-0.25, -0.2) is 27.3 Å². The van der Waals surface area contributed by atoms with E-state index >= 15 is 0 Å². The van der Waals surface area contributed by atoms with Crippen molar-refractivity contribution in [3.8, 4) is 11.3 Å². The Kier molecular flexibility index (Phi) is 7.56. The van der Waals surface area contributed by atoms with Crippen LogP contribution >= 0.6 is 11.3 Å². The van der Waals surface area contributed by atoms with Gasteiger partial charge < -0.3 is 21.5 Å². The third-order valence-electron chi connectivity index (χ3n) is 4.45. The van der Waals surface area contributed by atoms with E-state index in [4.69, 9.17) is 16.2 Å². The quantitative estimate of drug-likeness (QED) is 0.373. The predicted octanol–water partition coefficient (Wildman–Crippen LogP) is 3.68. The lowest BCUT2D eigenvalue weighted by atomic mass is 10.1. The zero-order valence-corrected chi connectivity index (χ0v) is 18.5. The summed E-state index contributed by atoms with van der Waals surface area (Å²) in [6, 6.07) is 4.97. The van der Waals surface area contributed by atoms with Gasteiger partial charge in [-0.2, -0.15) is 0 Å². The van der Waals surface area contributed by atoms with Gasteiger partial charge in [-0.1, -0.05) is 0 Å². The van der Waals surface area contributed by atoms with Crippen LogP contribution < -0.4 is 21.7 Å². The maximum Gasteiger partial charge on any atom is 0.414 e. The summed E-state index contributed by atoms with van der Waals surface area (Å²) in [7, 11) is 0. The fourth-order valence-electron chi connectivity index (χ4n) is 3.03. The van der Waals surface area contributed by atoms with Crippen LogP contribution in [0, 0.1) is 23.3 Å². The second kappa shape index (κ2) is 10.4. The van der Waals surface area contributed by atoms with Gasteiger partial charge in [0.15, 0.2) is 5.13 Å².